The van der Waals surface area contributed by atoms with Crippen LogP contribution in [-0.2, 0) is 17.6 Å². The summed E-state index contributed by atoms with van der Waals surface area (Å²) in [6.45, 7) is 5.77. The molecule has 10 heteroatoms. The van der Waals surface area contributed by atoms with Gasteiger partial charge in [0.1, 0.15) is 22.8 Å². The maximum atomic E-state index is 13.1. The minimum Gasteiger partial charge on any atom is -0.506 e. The molecule has 0 bridgehead atoms. The van der Waals surface area contributed by atoms with Gasteiger partial charge in [0, 0.05) is 18.0 Å². The number of aromatic amines is 1. The minimum atomic E-state index is -0.572. The number of carbonyl (C=O) groups is 1. The second kappa shape index (κ2) is 11.1. The third-order valence-corrected chi connectivity index (χ3v) is 5.97. The number of rotatable bonds is 11. The van der Waals surface area contributed by atoms with Gasteiger partial charge in [0.15, 0.2) is 0 Å². The second-order valence-electron chi connectivity index (χ2n) is 8.63. The third kappa shape index (κ3) is 5.31. The number of amides is 1. The highest BCUT2D eigenvalue weighted by Gasteiger charge is 2.28. The summed E-state index contributed by atoms with van der Waals surface area (Å²) >= 11 is 0. The van der Waals surface area contributed by atoms with Crippen LogP contribution in [0.4, 0.5) is 0 Å². The van der Waals surface area contributed by atoms with E-state index in [0.29, 0.717) is 34.7 Å². The molecule has 0 fully saturated rings. The normalized spacial score (nSPS) is 12.1. The number of methoxy groups -OCH3 is 2. The minimum absolute atomic E-state index is 0.0397. The third-order valence-electron chi connectivity index (χ3n) is 5.97. The van der Waals surface area contributed by atoms with Crippen molar-refractivity contribution in [3.63, 3.8) is 0 Å². The number of aryl methyl sites for hydroxylation is 1. The summed E-state index contributed by atoms with van der Waals surface area (Å²) in [6, 6.07) is 5.25. The highest BCUT2D eigenvalue weighted by atomic mass is 16.5. The van der Waals surface area contributed by atoms with Crippen LogP contribution in [0.1, 0.15) is 45.2 Å². The molecular weight excluding hydrogens is 452 g/mol. The zero-order valence-corrected chi connectivity index (χ0v) is 20.7. The van der Waals surface area contributed by atoms with Gasteiger partial charge in [-0.25, -0.2) is 0 Å². The molecule has 1 aromatic carbocycles. The zero-order valence-electron chi connectivity index (χ0n) is 20.7. The molecule has 10 nitrogen and oxygen atoms in total. The fourth-order valence-corrected chi connectivity index (χ4v) is 4.03. The lowest BCUT2D eigenvalue weighted by Gasteiger charge is -2.18. The number of aromatic nitrogens is 3. The van der Waals surface area contributed by atoms with Crippen molar-refractivity contribution in [1.29, 1.82) is 0 Å². The first kappa shape index (κ1) is 25.8. The number of nitrogens with two attached hydrogens (primary N) is 1. The van der Waals surface area contributed by atoms with E-state index in [1.54, 1.807) is 18.2 Å². The van der Waals surface area contributed by atoms with Crippen molar-refractivity contribution >= 4 is 5.91 Å². The van der Waals surface area contributed by atoms with E-state index in [2.05, 4.69) is 15.2 Å². The Kier molecular flexibility index (Phi) is 8.16. The average Bonchev–Trinajstić information content (AvgIpc) is 3.28. The quantitative estimate of drug-likeness (QED) is 0.374. The number of pyridine rings is 1. The van der Waals surface area contributed by atoms with Gasteiger partial charge < -0.3 is 29.7 Å². The van der Waals surface area contributed by atoms with Crippen molar-refractivity contribution in [2.45, 2.75) is 46.5 Å². The van der Waals surface area contributed by atoms with Gasteiger partial charge in [0.25, 0.3) is 11.4 Å². The molecule has 0 saturated heterocycles. The van der Waals surface area contributed by atoms with Crippen LogP contribution in [-0.4, -0.2) is 40.4 Å². The van der Waals surface area contributed by atoms with Crippen molar-refractivity contribution < 1.29 is 23.8 Å². The van der Waals surface area contributed by atoms with Crippen LogP contribution in [0.3, 0.4) is 0 Å². The molecule has 3 rings (SSSR count). The van der Waals surface area contributed by atoms with E-state index in [4.69, 9.17) is 19.6 Å². The molecule has 3 aromatic rings. The summed E-state index contributed by atoms with van der Waals surface area (Å²) in [5.74, 6) is -0.460. The van der Waals surface area contributed by atoms with Gasteiger partial charge >= 0.3 is 0 Å². The number of H-pyrrole nitrogens is 1. The van der Waals surface area contributed by atoms with Crippen LogP contribution in [0.25, 0.3) is 22.6 Å². The summed E-state index contributed by atoms with van der Waals surface area (Å²) in [7, 11) is 3.03. The zero-order chi connectivity index (χ0) is 25.7. The van der Waals surface area contributed by atoms with Gasteiger partial charge in [-0.15, -0.1) is 10.2 Å². The maximum Gasteiger partial charge on any atom is 0.264 e. The Morgan fingerprint density at radius 2 is 1.80 bits per heavy atom. The molecule has 2 aromatic heterocycles. The van der Waals surface area contributed by atoms with E-state index in [1.807, 2.05) is 20.8 Å². The lowest BCUT2D eigenvalue weighted by molar-refractivity contribution is -0.123. The number of unbranched alkanes of at least 4 members (excludes halogenated alkanes) is 1. The van der Waals surface area contributed by atoms with E-state index in [9.17, 15) is 14.7 Å². The first-order valence-corrected chi connectivity index (χ1v) is 11.5. The first-order chi connectivity index (χ1) is 16.7. The van der Waals surface area contributed by atoms with Crippen LogP contribution in [0, 0.1) is 11.8 Å². The smallest absolute Gasteiger partial charge is 0.264 e. The second-order valence-corrected chi connectivity index (χ2v) is 8.63. The SMILES string of the molecule is CCCCc1[nH]c(=O)c(-c2nnc(CC(C(N)=O)C(C)C)o2)c(O)c1-c1c(OC)cccc1OC. The molecule has 0 aliphatic carbocycles. The van der Waals surface area contributed by atoms with Gasteiger partial charge in [-0.05, 0) is 30.9 Å². The molecule has 4 N–H and O–H groups in total. The molecule has 0 saturated carbocycles. The molecule has 1 amide bonds. The number of primary amides is 1. The van der Waals surface area contributed by atoms with Crippen LogP contribution in [0.15, 0.2) is 27.4 Å². The monoisotopic (exact) mass is 484 g/mol. The Morgan fingerprint density at radius 3 is 2.34 bits per heavy atom. The number of carbonyl (C=O) groups excluding carboxylic acids is 1. The summed E-state index contributed by atoms with van der Waals surface area (Å²) < 4.78 is 16.8. The van der Waals surface area contributed by atoms with Crippen molar-refractivity contribution in [1.82, 2.24) is 15.2 Å². The largest absolute Gasteiger partial charge is 0.506 e. The van der Waals surface area contributed by atoms with Gasteiger partial charge in [-0.1, -0.05) is 33.3 Å². The first-order valence-electron chi connectivity index (χ1n) is 11.5. The molecule has 1 atom stereocenters. The number of nitrogens with zero attached hydrogens (tertiary/aromatic N) is 2. The Hall–Kier alpha value is -3.82. The van der Waals surface area contributed by atoms with Gasteiger partial charge in [-0.3, -0.25) is 9.59 Å². The van der Waals surface area contributed by atoms with Crippen LogP contribution in [0.5, 0.6) is 17.2 Å². The Labute approximate surface area is 203 Å². The van der Waals surface area contributed by atoms with Gasteiger partial charge in [-0.2, -0.15) is 0 Å². The standard InChI is InChI=1S/C25H32N4O6/c1-6-7-9-15-19(20-16(33-4)10-8-11-17(20)34-5)22(30)21(24(32)27-15)25-29-28-18(35-25)12-14(13(2)3)23(26)31/h8,10-11,13-14H,6-7,9,12H2,1-5H3,(H2,26,31)(H2,27,30,32). The molecule has 1 unspecified atom stereocenters. The van der Waals surface area contributed by atoms with Crippen LogP contribution < -0.4 is 20.8 Å². The van der Waals surface area contributed by atoms with Crippen molar-refractivity contribution in [2.75, 3.05) is 14.2 Å². The summed E-state index contributed by atoms with van der Waals surface area (Å²) in [5, 5.41) is 19.4. The topological polar surface area (TPSA) is 154 Å². The number of ether oxygens (including phenoxy) is 2. The number of aromatic hydroxyl groups is 1. The van der Waals surface area contributed by atoms with Crippen molar-refractivity contribution in [3.05, 3.63) is 40.1 Å². The van der Waals surface area contributed by atoms with E-state index >= 15 is 0 Å². The van der Waals surface area contributed by atoms with E-state index in [1.165, 1.54) is 14.2 Å². The molecule has 2 heterocycles. The van der Waals surface area contributed by atoms with Gasteiger partial charge in [0.2, 0.25) is 11.8 Å². The Bertz CT molecular complexity index is 1220. The Morgan fingerprint density at radius 1 is 1.14 bits per heavy atom. The summed E-state index contributed by atoms with van der Waals surface area (Å²) in [4.78, 5) is 27.8. The number of nitrogens with one attached hydrogen (secondary N) is 1. The van der Waals surface area contributed by atoms with E-state index in [0.717, 1.165) is 12.8 Å². The number of hydrogen-bond donors (Lipinski definition) is 3. The maximum absolute atomic E-state index is 13.1. The van der Waals surface area contributed by atoms with Crippen LogP contribution in [0.2, 0.25) is 0 Å². The molecule has 0 aliphatic rings. The fraction of sp³-hybridized carbons (Fsp3) is 0.440. The molecule has 0 aliphatic heterocycles. The van der Waals surface area contributed by atoms with E-state index < -0.39 is 17.4 Å². The molecule has 188 valence electrons. The number of hydrogen-bond acceptors (Lipinski definition) is 8. The lowest BCUT2D eigenvalue weighted by atomic mass is 9.92. The average molecular weight is 485 g/mol. The van der Waals surface area contributed by atoms with Crippen molar-refractivity contribution in [2.24, 2.45) is 17.6 Å². The van der Waals surface area contributed by atoms with E-state index in [-0.39, 0.29) is 35.4 Å². The highest BCUT2D eigenvalue weighted by molar-refractivity contribution is 5.87. The summed E-state index contributed by atoms with van der Waals surface area (Å²) in [5.41, 5.74) is 6.14. The lowest BCUT2D eigenvalue weighted by Crippen LogP contribution is -2.29. The Balaban J connectivity index is 2.21. The molecular formula is C25H32N4O6. The van der Waals surface area contributed by atoms with Crippen molar-refractivity contribution in [3.8, 4) is 39.8 Å². The molecule has 35 heavy (non-hydrogen) atoms. The van der Waals surface area contributed by atoms with Gasteiger partial charge in [0.05, 0.1) is 25.3 Å². The fourth-order valence-electron chi connectivity index (χ4n) is 4.03. The molecule has 0 spiro atoms. The number of benzene rings is 1. The highest BCUT2D eigenvalue weighted by Crippen LogP contribution is 2.46. The summed E-state index contributed by atoms with van der Waals surface area (Å²) in [6.07, 6.45) is 2.31. The molecule has 0 radical (unpaired) electrons. The predicted molar refractivity (Wildman–Crippen MR) is 130 cm³/mol. The predicted octanol–water partition coefficient (Wildman–Crippen LogP) is 3.46. The van der Waals surface area contributed by atoms with Crippen LogP contribution >= 0.6 is 0 Å².